The summed E-state index contributed by atoms with van der Waals surface area (Å²) >= 11 is 0. The number of amides is 1. The Labute approximate surface area is 170 Å². The summed E-state index contributed by atoms with van der Waals surface area (Å²) in [5.74, 6) is -2.93. The largest absolute Gasteiger partial charge is 0.507 e. The van der Waals surface area contributed by atoms with E-state index in [-0.39, 0.29) is 17.7 Å². The summed E-state index contributed by atoms with van der Waals surface area (Å²) in [7, 11) is 0. The van der Waals surface area contributed by atoms with Gasteiger partial charge in [0.1, 0.15) is 17.4 Å². The van der Waals surface area contributed by atoms with Crippen molar-refractivity contribution < 1.29 is 23.5 Å². The first-order valence-electron chi connectivity index (χ1n) is 9.14. The molecule has 0 radical (unpaired) electrons. The van der Waals surface area contributed by atoms with Crippen LogP contribution in [0.25, 0.3) is 5.76 Å². The van der Waals surface area contributed by atoms with Crippen LogP contribution in [0.2, 0.25) is 0 Å². The van der Waals surface area contributed by atoms with Crippen molar-refractivity contribution in [3.05, 3.63) is 107 Å². The van der Waals surface area contributed by atoms with Crippen LogP contribution >= 0.6 is 0 Å². The topological polar surface area (TPSA) is 70.5 Å². The molecule has 30 heavy (non-hydrogen) atoms. The minimum atomic E-state index is -0.872. The Hall–Kier alpha value is -3.87. The molecule has 1 unspecified atom stereocenters. The van der Waals surface area contributed by atoms with Crippen LogP contribution in [0.3, 0.4) is 0 Å². The number of carbonyl (C=O) groups is 2. The average Bonchev–Trinajstić information content (AvgIpc) is 3.01. The van der Waals surface area contributed by atoms with Gasteiger partial charge in [-0.3, -0.25) is 14.6 Å². The van der Waals surface area contributed by atoms with Crippen LogP contribution in [0.5, 0.6) is 0 Å². The van der Waals surface area contributed by atoms with Gasteiger partial charge < -0.3 is 10.0 Å². The molecule has 4 rings (SSSR count). The molecule has 3 aromatic rings. The maximum absolute atomic E-state index is 13.3. The molecule has 2 aromatic carbocycles. The van der Waals surface area contributed by atoms with Crippen LogP contribution < -0.4 is 0 Å². The zero-order valence-electron chi connectivity index (χ0n) is 15.6. The lowest BCUT2D eigenvalue weighted by Crippen LogP contribution is -2.29. The van der Waals surface area contributed by atoms with E-state index in [0.29, 0.717) is 11.1 Å². The van der Waals surface area contributed by atoms with Crippen molar-refractivity contribution in [1.82, 2.24) is 9.88 Å². The van der Waals surface area contributed by atoms with Gasteiger partial charge in [0, 0.05) is 24.5 Å². The molecule has 2 heterocycles. The second-order valence-corrected chi connectivity index (χ2v) is 6.84. The van der Waals surface area contributed by atoms with E-state index in [9.17, 15) is 23.5 Å². The standard InChI is InChI=1S/C23H16F2N2O3/c24-17-5-1-14(2-6-17)13-27-20(15-9-11-26-12-10-15)19(22(29)23(27)30)21(28)16-3-7-18(25)8-4-16/h1-12,20,28H,13H2/b21-19-. The molecule has 1 atom stereocenters. The number of halogens is 2. The van der Waals surface area contributed by atoms with Gasteiger partial charge in [-0.25, -0.2) is 8.78 Å². The second kappa shape index (κ2) is 7.87. The number of rotatable bonds is 4. The lowest BCUT2D eigenvalue weighted by molar-refractivity contribution is -0.140. The van der Waals surface area contributed by atoms with Crippen LogP contribution in [0.1, 0.15) is 22.7 Å². The number of ketones is 1. The van der Waals surface area contributed by atoms with E-state index in [4.69, 9.17) is 0 Å². The number of aromatic nitrogens is 1. The number of carbonyl (C=O) groups excluding carboxylic acids is 2. The van der Waals surface area contributed by atoms with Crippen LogP contribution in [0, 0.1) is 11.6 Å². The van der Waals surface area contributed by atoms with Gasteiger partial charge in [0.15, 0.2) is 0 Å². The van der Waals surface area contributed by atoms with E-state index in [0.717, 1.165) is 12.1 Å². The Morgan fingerprint density at radius 1 is 0.900 bits per heavy atom. The molecule has 1 aliphatic heterocycles. The van der Waals surface area contributed by atoms with E-state index in [1.165, 1.54) is 53.7 Å². The van der Waals surface area contributed by atoms with Crippen molar-refractivity contribution >= 4 is 17.4 Å². The molecule has 0 bridgehead atoms. The fourth-order valence-corrected chi connectivity index (χ4v) is 3.49. The molecule has 1 aliphatic rings. The summed E-state index contributed by atoms with van der Waals surface area (Å²) in [4.78, 5) is 31.0. The van der Waals surface area contributed by atoms with Crippen molar-refractivity contribution in [3.63, 3.8) is 0 Å². The molecular formula is C23H16F2N2O3. The molecule has 1 amide bonds. The quantitative estimate of drug-likeness (QED) is 0.404. The molecule has 0 spiro atoms. The highest BCUT2D eigenvalue weighted by Crippen LogP contribution is 2.40. The number of aliphatic hydroxyl groups excluding tert-OH is 1. The van der Waals surface area contributed by atoms with Crippen molar-refractivity contribution in [2.75, 3.05) is 0 Å². The number of nitrogens with zero attached hydrogens (tertiary/aromatic N) is 2. The maximum Gasteiger partial charge on any atom is 0.295 e. The third-order valence-corrected chi connectivity index (χ3v) is 4.95. The summed E-state index contributed by atoms with van der Waals surface area (Å²) < 4.78 is 26.5. The summed E-state index contributed by atoms with van der Waals surface area (Å²) in [6, 6.07) is 13.0. The summed E-state index contributed by atoms with van der Waals surface area (Å²) in [6.07, 6.45) is 3.04. The van der Waals surface area contributed by atoms with Gasteiger partial charge in [0.2, 0.25) is 0 Å². The van der Waals surface area contributed by atoms with Gasteiger partial charge in [-0.1, -0.05) is 12.1 Å². The SMILES string of the molecule is O=C1C(=O)N(Cc2ccc(F)cc2)C(c2ccncc2)/C1=C(/O)c1ccc(F)cc1. The zero-order valence-corrected chi connectivity index (χ0v) is 15.6. The highest BCUT2D eigenvalue weighted by atomic mass is 19.1. The first-order valence-corrected chi connectivity index (χ1v) is 9.14. The average molecular weight is 406 g/mol. The Bertz CT molecular complexity index is 1130. The van der Waals surface area contributed by atoms with Gasteiger partial charge in [-0.05, 0) is 59.7 Å². The number of pyridine rings is 1. The minimum Gasteiger partial charge on any atom is -0.507 e. The normalized spacial score (nSPS) is 18.1. The third kappa shape index (κ3) is 3.57. The Morgan fingerprint density at radius 3 is 2.07 bits per heavy atom. The molecule has 150 valence electrons. The molecule has 5 nitrogen and oxygen atoms in total. The maximum atomic E-state index is 13.3. The molecule has 1 aromatic heterocycles. The third-order valence-electron chi connectivity index (χ3n) is 4.95. The van der Waals surface area contributed by atoms with Crippen molar-refractivity contribution in [2.24, 2.45) is 0 Å². The molecule has 1 saturated heterocycles. The second-order valence-electron chi connectivity index (χ2n) is 6.84. The fourth-order valence-electron chi connectivity index (χ4n) is 3.49. The van der Waals surface area contributed by atoms with Crippen molar-refractivity contribution in [1.29, 1.82) is 0 Å². The lowest BCUT2D eigenvalue weighted by Gasteiger charge is -2.25. The smallest absolute Gasteiger partial charge is 0.295 e. The van der Waals surface area contributed by atoms with Crippen LogP contribution in [-0.2, 0) is 16.1 Å². The van der Waals surface area contributed by atoms with Gasteiger partial charge in [0.05, 0.1) is 11.6 Å². The van der Waals surface area contributed by atoms with Crippen LogP contribution in [0.15, 0.2) is 78.6 Å². The number of hydrogen-bond acceptors (Lipinski definition) is 4. The monoisotopic (exact) mass is 406 g/mol. The zero-order chi connectivity index (χ0) is 21.3. The fraction of sp³-hybridized carbons (Fsp3) is 0.0870. The summed E-state index contributed by atoms with van der Waals surface area (Å²) in [6.45, 7) is 0.0397. The molecule has 7 heteroatoms. The number of likely N-dealkylation sites (tertiary alicyclic amines) is 1. The van der Waals surface area contributed by atoms with E-state index in [2.05, 4.69) is 4.98 Å². The molecule has 0 saturated carbocycles. The number of aliphatic hydroxyl groups is 1. The Balaban J connectivity index is 1.83. The van der Waals surface area contributed by atoms with Gasteiger partial charge in [0.25, 0.3) is 11.7 Å². The van der Waals surface area contributed by atoms with Gasteiger partial charge in [-0.2, -0.15) is 0 Å². The Morgan fingerprint density at radius 2 is 1.47 bits per heavy atom. The van der Waals surface area contributed by atoms with E-state index >= 15 is 0 Å². The van der Waals surface area contributed by atoms with E-state index in [1.54, 1.807) is 12.1 Å². The first kappa shape index (κ1) is 19.4. The summed E-state index contributed by atoms with van der Waals surface area (Å²) in [5.41, 5.74) is 1.32. The molecule has 1 N–H and O–H groups in total. The minimum absolute atomic E-state index is 0.0397. The predicted molar refractivity (Wildman–Crippen MR) is 105 cm³/mol. The van der Waals surface area contributed by atoms with E-state index in [1.807, 2.05) is 0 Å². The highest BCUT2D eigenvalue weighted by Gasteiger charge is 2.46. The molecular weight excluding hydrogens is 390 g/mol. The first-order chi connectivity index (χ1) is 14.5. The number of hydrogen-bond donors (Lipinski definition) is 1. The lowest BCUT2D eigenvalue weighted by atomic mass is 9.96. The van der Waals surface area contributed by atoms with Gasteiger partial charge in [-0.15, -0.1) is 0 Å². The molecule has 0 aliphatic carbocycles. The molecule has 1 fully saturated rings. The highest BCUT2D eigenvalue weighted by molar-refractivity contribution is 6.46. The van der Waals surface area contributed by atoms with Crippen molar-refractivity contribution in [3.8, 4) is 0 Å². The van der Waals surface area contributed by atoms with Crippen molar-refractivity contribution in [2.45, 2.75) is 12.6 Å². The Kier molecular flexibility index (Phi) is 5.10. The predicted octanol–water partition coefficient (Wildman–Crippen LogP) is 3.98. The number of benzene rings is 2. The van der Waals surface area contributed by atoms with Crippen LogP contribution in [-0.4, -0.2) is 26.7 Å². The number of Topliss-reactive ketones (excluding diaryl/α,β-unsaturated/α-hetero) is 1. The summed E-state index contributed by atoms with van der Waals surface area (Å²) in [5, 5.41) is 10.8. The van der Waals surface area contributed by atoms with Gasteiger partial charge >= 0.3 is 0 Å². The van der Waals surface area contributed by atoms with Crippen LogP contribution in [0.4, 0.5) is 8.78 Å². The van der Waals surface area contributed by atoms with E-state index < -0.39 is 35.1 Å².